The number of carboxylic acid groups (broad SMARTS) is 1. The smallest absolute Gasteiger partial charge is 0.303 e. The summed E-state index contributed by atoms with van der Waals surface area (Å²) in [5, 5.41) is 11.0. The van der Waals surface area contributed by atoms with Crippen LogP contribution in [0.25, 0.3) is 22.0 Å². The zero-order chi connectivity index (χ0) is 20.5. The Hall–Kier alpha value is -2.66. The average Bonchev–Trinajstić information content (AvgIpc) is 2.68. The number of aliphatic carboxylic acids is 1. The van der Waals surface area contributed by atoms with Crippen LogP contribution in [0.3, 0.4) is 0 Å². The van der Waals surface area contributed by atoms with E-state index in [0.29, 0.717) is 12.5 Å². The fourth-order valence-electron chi connectivity index (χ4n) is 4.38. The standard InChI is InChI=1S/C23H24ClN3O2/c1-14-8-16(9-21(28)29)12-27(11-14)23-22-18(4-3-5-20(22)25-13-26-23)17-7-6-15(2)19(24)10-17/h3-7,10,13-14,16H,8-9,11-12H2,1-2H3,(H,28,29). The number of hydrogen-bond acceptors (Lipinski definition) is 4. The topological polar surface area (TPSA) is 66.3 Å². The first-order valence-corrected chi connectivity index (χ1v) is 10.3. The number of carboxylic acids is 1. The number of aromatic nitrogens is 2. The molecule has 0 bridgehead atoms. The lowest BCUT2D eigenvalue weighted by atomic mass is 9.88. The average molecular weight is 410 g/mol. The van der Waals surface area contributed by atoms with Gasteiger partial charge in [0.25, 0.3) is 0 Å². The van der Waals surface area contributed by atoms with Crippen LogP contribution in [-0.4, -0.2) is 34.1 Å². The zero-order valence-corrected chi connectivity index (χ0v) is 17.4. The molecule has 0 spiro atoms. The number of benzene rings is 2. The Labute approximate surface area is 175 Å². The maximum atomic E-state index is 11.3. The second kappa shape index (κ2) is 7.99. The molecule has 1 aliphatic heterocycles. The second-order valence-corrected chi connectivity index (χ2v) is 8.48. The SMILES string of the molecule is Cc1ccc(-c2cccc3ncnc(N4CC(C)CC(CC(=O)O)C4)c23)cc1Cl. The van der Waals surface area contributed by atoms with Crippen molar-refractivity contribution in [2.24, 2.45) is 11.8 Å². The number of hydrogen-bond donors (Lipinski definition) is 1. The van der Waals surface area contributed by atoms with Crippen molar-refractivity contribution in [3.63, 3.8) is 0 Å². The van der Waals surface area contributed by atoms with Crippen LogP contribution in [0.2, 0.25) is 5.02 Å². The lowest BCUT2D eigenvalue weighted by Crippen LogP contribution is -2.41. The van der Waals surface area contributed by atoms with E-state index in [0.717, 1.165) is 51.4 Å². The van der Waals surface area contributed by atoms with Gasteiger partial charge in [-0.25, -0.2) is 9.97 Å². The van der Waals surface area contributed by atoms with Crippen LogP contribution in [0, 0.1) is 18.8 Å². The van der Waals surface area contributed by atoms with Crippen molar-refractivity contribution in [1.29, 1.82) is 0 Å². The molecule has 29 heavy (non-hydrogen) atoms. The summed E-state index contributed by atoms with van der Waals surface area (Å²) in [5.41, 5.74) is 3.97. The van der Waals surface area contributed by atoms with Crippen LogP contribution < -0.4 is 4.90 Å². The van der Waals surface area contributed by atoms with Crippen molar-refractivity contribution in [3.05, 3.63) is 53.3 Å². The highest BCUT2D eigenvalue weighted by atomic mass is 35.5. The molecule has 0 radical (unpaired) electrons. The van der Waals surface area contributed by atoms with Gasteiger partial charge in [0.05, 0.1) is 10.9 Å². The lowest BCUT2D eigenvalue weighted by Gasteiger charge is -2.37. The third-order valence-electron chi connectivity index (χ3n) is 5.63. The maximum Gasteiger partial charge on any atom is 0.303 e. The Kier molecular flexibility index (Phi) is 5.41. The number of nitrogens with zero attached hydrogens (tertiary/aromatic N) is 3. The highest BCUT2D eigenvalue weighted by Crippen LogP contribution is 2.37. The van der Waals surface area contributed by atoms with Gasteiger partial charge in [0.2, 0.25) is 0 Å². The molecule has 1 aromatic heterocycles. The number of halogens is 1. The van der Waals surface area contributed by atoms with Crippen LogP contribution in [0.15, 0.2) is 42.7 Å². The molecule has 1 N–H and O–H groups in total. The minimum atomic E-state index is -0.744. The molecule has 2 unspecified atom stereocenters. The molecule has 0 amide bonds. The van der Waals surface area contributed by atoms with Crippen LogP contribution in [0.5, 0.6) is 0 Å². The van der Waals surface area contributed by atoms with Gasteiger partial charge in [-0.2, -0.15) is 0 Å². The van der Waals surface area contributed by atoms with Crippen LogP contribution >= 0.6 is 11.6 Å². The van der Waals surface area contributed by atoms with E-state index in [-0.39, 0.29) is 12.3 Å². The molecule has 2 heterocycles. The van der Waals surface area contributed by atoms with Gasteiger partial charge in [0.1, 0.15) is 12.1 Å². The van der Waals surface area contributed by atoms with Crippen molar-refractivity contribution in [2.45, 2.75) is 26.7 Å². The van der Waals surface area contributed by atoms with Gasteiger partial charge in [-0.05, 0) is 54.0 Å². The van der Waals surface area contributed by atoms with Crippen molar-refractivity contribution in [2.75, 3.05) is 18.0 Å². The first kappa shape index (κ1) is 19.6. The van der Waals surface area contributed by atoms with E-state index >= 15 is 0 Å². The van der Waals surface area contributed by atoms with Crippen LogP contribution in [0.4, 0.5) is 5.82 Å². The molecule has 2 atom stereocenters. The summed E-state index contributed by atoms with van der Waals surface area (Å²) in [6, 6.07) is 12.1. The summed E-state index contributed by atoms with van der Waals surface area (Å²) in [5.74, 6) is 0.636. The number of fused-ring (bicyclic) bond motifs is 1. The summed E-state index contributed by atoms with van der Waals surface area (Å²) in [7, 11) is 0. The highest BCUT2D eigenvalue weighted by Gasteiger charge is 2.28. The normalized spacial score (nSPS) is 19.5. The summed E-state index contributed by atoms with van der Waals surface area (Å²) in [6.45, 7) is 5.70. The molecule has 0 aliphatic carbocycles. The van der Waals surface area contributed by atoms with E-state index < -0.39 is 5.97 Å². The van der Waals surface area contributed by atoms with E-state index in [4.69, 9.17) is 11.6 Å². The van der Waals surface area contributed by atoms with Gasteiger partial charge in [-0.15, -0.1) is 0 Å². The molecule has 4 rings (SSSR count). The van der Waals surface area contributed by atoms with E-state index in [1.165, 1.54) is 0 Å². The monoisotopic (exact) mass is 409 g/mol. The quantitative estimate of drug-likeness (QED) is 0.641. The fourth-order valence-corrected chi connectivity index (χ4v) is 4.56. The summed E-state index contributed by atoms with van der Waals surface area (Å²) in [4.78, 5) is 22.6. The number of rotatable bonds is 4. The molecule has 150 valence electrons. The second-order valence-electron chi connectivity index (χ2n) is 8.07. The van der Waals surface area contributed by atoms with Gasteiger partial charge >= 0.3 is 5.97 Å². The first-order chi connectivity index (χ1) is 13.9. The van der Waals surface area contributed by atoms with E-state index in [2.05, 4.69) is 33.9 Å². The Morgan fingerprint density at radius 2 is 2.07 bits per heavy atom. The molecule has 1 aliphatic rings. The molecule has 0 saturated carbocycles. The lowest BCUT2D eigenvalue weighted by molar-refractivity contribution is -0.138. The predicted molar refractivity (Wildman–Crippen MR) is 116 cm³/mol. The molecule has 6 heteroatoms. The Morgan fingerprint density at radius 3 is 2.83 bits per heavy atom. The van der Waals surface area contributed by atoms with Crippen molar-refractivity contribution in [1.82, 2.24) is 9.97 Å². The zero-order valence-electron chi connectivity index (χ0n) is 16.6. The molecular formula is C23H24ClN3O2. The number of piperidine rings is 1. The first-order valence-electron chi connectivity index (χ1n) is 9.89. The third-order valence-corrected chi connectivity index (χ3v) is 6.04. The summed E-state index contributed by atoms with van der Waals surface area (Å²) in [6.07, 6.45) is 2.70. The van der Waals surface area contributed by atoms with Crippen molar-refractivity contribution < 1.29 is 9.90 Å². The molecule has 1 saturated heterocycles. The van der Waals surface area contributed by atoms with Gasteiger partial charge in [-0.1, -0.05) is 42.8 Å². The third kappa shape index (κ3) is 4.06. The largest absolute Gasteiger partial charge is 0.481 e. The maximum absolute atomic E-state index is 11.3. The van der Waals surface area contributed by atoms with Crippen molar-refractivity contribution in [3.8, 4) is 11.1 Å². The predicted octanol–water partition coefficient (Wildman–Crippen LogP) is 5.20. The minimum absolute atomic E-state index is 0.113. The van der Waals surface area contributed by atoms with Gasteiger partial charge in [0.15, 0.2) is 0 Å². The van der Waals surface area contributed by atoms with E-state index in [1.54, 1.807) is 6.33 Å². The Morgan fingerprint density at radius 1 is 1.24 bits per heavy atom. The Balaban J connectivity index is 1.83. The molecule has 1 fully saturated rings. The van der Waals surface area contributed by atoms with E-state index in [1.807, 2.05) is 31.2 Å². The molecule has 5 nitrogen and oxygen atoms in total. The van der Waals surface area contributed by atoms with Crippen LogP contribution in [0.1, 0.15) is 25.3 Å². The fraction of sp³-hybridized carbons (Fsp3) is 0.348. The number of aryl methyl sites for hydroxylation is 1. The summed E-state index contributed by atoms with van der Waals surface area (Å²) >= 11 is 6.39. The summed E-state index contributed by atoms with van der Waals surface area (Å²) < 4.78 is 0. The van der Waals surface area contributed by atoms with Crippen molar-refractivity contribution >= 4 is 34.3 Å². The molecule has 3 aromatic rings. The number of anilines is 1. The van der Waals surface area contributed by atoms with Gasteiger partial charge < -0.3 is 10.0 Å². The number of carbonyl (C=O) groups is 1. The van der Waals surface area contributed by atoms with Gasteiger partial charge in [0, 0.05) is 24.5 Å². The minimum Gasteiger partial charge on any atom is -0.481 e. The molecular weight excluding hydrogens is 386 g/mol. The highest BCUT2D eigenvalue weighted by molar-refractivity contribution is 6.31. The van der Waals surface area contributed by atoms with E-state index in [9.17, 15) is 9.90 Å². The Bertz CT molecular complexity index is 1060. The molecule has 2 aromatic carbocycles. The van der Waals surface area contributed by atoms with Crippen LogP contribution in [-0.2, 0) is 4.79 Å². The van der Waals surface area contributed by atoms with Gasteiger partial charge in [-0.3, -0.25) is 4.79 Å².